The molecule has 5 aliphatic rings. The molecule has 7 heterocycles. The van der Waals surface area contributed by atoms with Gasteiger partial charge in [0.25, 0.3) is 11.8 Å². The number of hydrogen-bond acceptors (Lipinski definition) is 14. The quantitative estimate of drug-likeness (QED) is 0.0780. The van der Waals surface area contributed by atoms with E-state index in [0.717, 1.165) is 116 Å². The van der Waals surface area contributed by atoms with Crippen LogP contribution in [0.1, 0.15) is 72.1 Å². The van der Waals surface area contributed by atoms with E-state index in [1.54, 1.807) is 37.4 Å². The third kappa shape index (κ3) is 10.0. The predicted molar refractivity (Wildman–Crippen MR) is 293 cm³/mol. The van der Waals surface area contributed by atoms with Crippen LogP contribution in [0.2, 0.25) is 5.02 Å². The summed E-state index contributed by atoms with van der Waals surface area (Å²) in [5, 5.41) is 14.6. The first kappa shape index (κ1) is 50.1. The van der Waals surface area contributed by atoms with Gasteiger partial charge >= 0.3 is 0 Å². The Labute approximate surface area is 441 Å². The molecule has 6 aromatic rings. The van der Waals surface area contributed by atoms with Crippen LogP contribution >= 0.6 is 18.7 Å². The van der Waals surface area contributed by atoms with Crippen LogP contribution < -0.4 is 35.8 Å². The van der Waals surface area contributed by atoms with Crippen molar-refractivity contribution in [3.8, 4) is 28.0 Å². The molecule has 0 aliphatic carbocycles. The number of carbonyl (C=O) groups excluding carboxylic acids is 4. The largest absolute Gasteiger partial charge is 0.494 e. The van der Waals surface area contributed by atoms with E-state index >= 15 is 0 Å². The molecule has 2 aromatic heterocycles. The molecule has 5 aliphatic heterocycles. The van der Waals surface area contributed by atoms with Crippen molar-refractivity contribution >= 4 is 82.2 Å². The molecule has 388 valence electrons. The second kappa shape index (κ2) is 20.2. The van der Waals surface area contributed by atoms with Gasteiger partial charge in [0.2, 0.25) is 17.8 Å². The number of fused-ring (bicyclic) bond motifs is 1. The van der Waals surface area contributed by atoms with Gasteiger partial charge in [0.1, 0.15) is 24.0 Å². The van der Waals surface area contributed by atoms with E-state index in [1.807, 2.05) is 80.1 Å². The molecule has 4 saturated heterocycles. The Kier molecular flexibility index (Phi) is 13.5. The van der Waals surface area contributed by atoms with Crippen molar-refractivity contribution in [1.29, 1.82) is 0 Å². The number of hydrogen-bond donors (Lipinski definition) is 3. The summed E-state index contributed by atoms with van der Waals surface area (Å²) in [5.74, 6) is -0.667. The average Bonchev–Trinajstić information content (AvgIpc) is 3.96. The number of likely N-dealkylation sites (tertiary alicyclic amines) is 1. The van der Waals surface area contributed by atoms with Gasteiger partial charge in [-0.1, -0.05) is 48.0 Å². The van der Waals surface area contributed by atoms with E-state index in [-0.39, 0.29) is 18.3 Å². The Morgan fingerprint density at radius 2 is 1.55 bits per heavy atom. The number of rotatable bonds is 12. The molecule has 4 aromatic carbocycles. The molecular weight excluding hydrogens is 989 g/mol. The van der Waals surface area contributed by atoms with Crippen molar-refractivity contribution in [2.75, 3.05) is 80.1 Å². The van der Waals surface area contributed by atoms with Gasteiger partial charge in [-0.25, -0.2) is 4.98 Å². The Bertz CT molecular complexity index is 3270. The van der Waals surface area contributed by atoms with Gasteiger partial charge in [-0.05, 0) is 124 Å². The Morgan fingerprint density at radius 1 is 0.773 bits per heavy atom. The van der Waals surface area contributed by atoms with Gasteiger partial charge in [0.05, 0.1) is 42.0 Å². The second-order valence-corrected chi connectivity index (χ2v) is 24.6. The highest BCUT2D eigenvalue weighted by atomic mass is 35.5. The number of imide groups is 2. The maximum absolute atomic E-state index is 13.7. The number of aromatic nitrogens is 4. The maximum atomic E-state index is 13.7. The fraction of sp³-hybridized carbons (Fsp3) is 0.375. The lowest BCUT2D eigenvalue weighted by molar-refractivity contribution is -0.136. The summed E-state index contributed by atoms with van der Waals surface area (Å²) in [6.45, 7) is 9.05. The van der Waals surface area contributed by atoms with Crippen LogP contribution in [-0.2, 0) is 21.2 Å². The molecule has 75 heavy (non-hydrogen) atoms. The highest BCUT2D eigenvalue weighted by molar-refractivity contribution is 7.70. The summed E-state index contributed by atoms with van der Waals surface area (Å²) in [6.07, 6.45) is 12.1. The van der Waals surface area contributed by atoms with Crippen LogP contribution in [0, 0.1) is 5.41 Å². The molecule has 0 bridgehead atoms. The molecule has 19 heteroatoms. The number of piperidine rings is 4. The molecule has 3 N–H and O–H groups in total. The Balaban J connectivity index is 0.755. The van der Waals surface area contributed by atoms with Gasteiger partial charge in [-0.3, -0.25) is 34.1 Å². The first-order valence-corrected chi connectivity index (χ1v) is 28.7. The van der Waals surface area contributed by atoms with Gasteiger partial charge in [-0.2, -0.15) is 10.1 Å². The van der Waals surface area contributed by atoms with Gasteiger partial charge in [-0.15, -0.1) is 0 Å². The van der Waals surface area contributed by atoms with E-state index in [1.165, 1.54) is 0 Å². The highest BCUT2D eigenvalue weighted by Crippen LogP contribution is 2.46. The second-order valence-electron chi connectivity index (χ2n) is 21.0. The summed E-state index contributed by atoms with van der Waals surface area (Å²) in [7, 11) is 0.827. The van der Waals surface area contributed by atoms with Crippen LogP contribution in [0.15, 0.2) is 97.5 Å². The summed E-state index contributed by atoms with van der Waals surface area (Å²) < 4.78 is 21.5. The molecule has 0 saturated carbocycles. The number of anilines is 6. The molecule has 0 radical (unpaired) electrons. The molecule has 4 fully saturated rings. The number of methoxy groups -OCH3 is 1. The molecule has 11 rings (SSSR count). The first-order valence-electron chi connectivity index (χ1n) is 25.8. The summed E-state index contributed by atoms with van der Waals surface area (Å²) in [4.78, 5) is 69.4. The Morgan fingerprint density at radius 3 is 2.27 bits per heavy atom. The lowest BCUT2D eigenvalue weighted by Crippen LogP contribution is -2.54. The fourth-order valence-corrected chi connectivity index (χ4v) is 13.2. The van der Waals surface area contributed by atoms with Crippen molar-refractivity contribution < 1.29 is 28.5 Å². The van der Waals surface area contributed by atoms with E-state index in [9.17, 15) is 23.7 Å². The van der Waals surface area contributed by atoms with Crippen LogP contribution in [0.4, 0.5) is 34.5 Å². The van der Waals surface area contributed by atoms with Crippen molar-refractivity contribution in [1.82, 2.24) is 34.9 Å². The molecule has 17 nitrogen and oxygen atoms in total. The zero-order chi connectivity index (χ0) is 52.2. The number of ether oxygens (including phenoxy) is 1. The van der Waals surface area contributed by atoms with Crippen molar-refractivity contribution in [3.05, 3.63) is 114 Å². The number of carbonyl (C=O) groups is 4. The SMILES string of the molecule is COc1cc(N2CCC(N3CCC4(CCCN(c5ccc6c(c5)C(=O)N(C5CCC(=O)NC5=O)C6=O)C4)CC3)CC2)c(-c2cnn(C)c2)cc1Nc1ncc(Cl)c(Nc2ccc(-c3ccccc3)cc2P(C)(C)=O)n1. The molecule has 1 unspecified atom stereocenters. The monoisotopic (exact) mass is 1050 g/mol. The normalized spacial score (nSPS) is 19.4. The first-order chi connectivity index (χ1) is 36.1. The molecule has 4 amide bonds. The van der Waals surface area contributed by atoms with Crippen LogP contribution in [0.5, 0.6) is 5.75 Å². The predicted octanol–water partition coefficient (Wildman–Crippen LogP) is 8.69. The standard InChI is InChI=1S/C56H61ClN11O6P/c1-64-33-37(31-59-64)41-29-45(61-55-58-32-43(57)51(63-55)60-44-14-11-36(27-49(44)75(3,4)73)35-9-6-5-7-10-35)48(74-2)30-47(41)66-23-17-38(18-24-66)65-25-20-56(21-26-65)19-8-22-67(34-56)39-12-13-40-42(28-39)54(72)68(53(40)71)46-15-16-50(69)62-52(46)70/h5-7,9-14,27-33,38,46H,8,15-26,34H2,1-4H3,(H,62,69,70)(H2,58,60,61,63). The number of amides is 4. The number of benzene rings is 4. The van der Waals surface area contributed by atoms with E-state index in [4.69, 9.17) is 21.3 Å². The summed E-state index contributed by atoms with van der Waals surface area (Å²) in [5.41, 5.74) is 8.03. The topological polar surface area (TPSA) is 187 Å². The van der Waals surface area contributed by atoms with Crippen LogP contribution in [0.3, 0.4) is 0 Å². The minimum atomic E-state index is -2.75. The van der Waals surface area contributed by atoms with E-state index in [2.05, 4.69) is 52.9 Å². The minimum Gasteiger partial charge on any atom is -0.494 e. The number of aryl methyl sites for hydroxylation is 1. The summed E-state index contributed by atoms with van der Waals surface area (Å²) >= 11 is 6.72. The number of nitrogens with one attached hydrogen (secondary N) is 3. The number of nitrogens with zero attached hydrogens (tertiary/aromatic N) is 8. The van der Waals surface area contributed by atoms with Crippen molar-refractivity contribution in [2.24, 2.45) is 12.5 Å². The lowest BCUT2D eigenvalue weighted by atomic mass is 9.72. The molecule has 1 atom stereocenters. The number of halogens is 1. The van der Waals surface area contributed by atoms with E-state index < -0.39 is 36.8 Å². The zero-order valence-corrected chi connectivity index (χ0v) is 44.3. The van der Waals surface area contributed by atoms with Crippen LogP contribution in [0.25, 0.3) is 22.3 Å². The summed E-state index contributed by atoms with van der Waals surface area (Å²) in [6, 6.07) is 25.0. The lowest BCUT2D eigenvalue weighted by Gasteiger charge is -2.50. The minimum absolute atomic E-state index is 0.0868. The molecular formula is C56H61ClN11O6P. The zero-order valence-electron chi connectivity index (χ0n) is 42.6. The van der Waals surface area contributed by atoms with Crippen LogP contribution in [-0.4, -0.2) is 125 Å². The van der Waals surface area contributed by atoms with Gasteiger partial charge in [0, 0.05) is 85.8 Å². The average molecular weight is 1050 g/mol. The van der Waals surface area contributed by atoms with E-state index in [0.29, 0.717) is 56.4 Å². The fourth-order valence-electron chi connectivity index (χ4n) is 11.9. The van der Waals surface area contributed by atoms with Crippen molar-refractivity contribution in [2.45, 2.75) is 63.5 Å². The smallest absolute Gasteiger partial charge is 0.262 e. The van der Waals surface area contributed by atoms with Crippen molar-refractivity contribution in [3.63, 3.8) is 0 Å². The molecule has 1 spiro atoms. The third-order valence-corrected chi connectivity index (χ3v) is 17.7. The Hall–Kier alpha value is -7.07. The third-order valence-electron chi connectivity index (χ3n) is 15.9. The highest BCUT2D eigenvalue weighted by Gasteiger charge is 2.46. The van der Waals surface area contributed by atoms with Gasteiger partial charge in [0.15, 0.2) is 5.82 Å². The maximum Gasteiger partial charge on any atom is 0.262 e. The van der Waals surface area contributed by atoms with Gasteiger partial charge < -0.3 is 34.6 Å².